The van der Waals surface area contributed by atoms with Crippen molar-refractivity contribution in [3.8, 4) is 0 Å². The van der Waals surface area contributed by atoms with Gasteiger partial charge in [-0.3, -0.25) is 4.79 Å². The zero-order valence-corrected chi connectivity index (χ0v) is 8.54. The van der Waals surface area contributed by atoms with Crippen LogP contribution in [0.1, 0.15) is 25.6 Å². The largest absolute Gasteiger partial charge is 0.339 e. The second kappa shape index (κ2) is 4.95. The zero-order chi connectivity index (χ0) is 11.4. The third kappa shape index (κ3) is 3.73. The van der Waals surface area contributed by atoms with Crippen molar-refractivity contribution < 1.29 is 18.1 Å². The minimum atomic E-state index is -2.98. The molecule has 0 saturated heterocycles. The maximum absolute atomic E-state index is 11.9. The molecular weight excluding hydrogens is 206 g/mol. The third-order valence-corrected chi connectivity index (χ3v) is 1.67. The second-order valence-electron chi connectivity index (χ2n) is 3.65. The lowest BCUT2D eigenvalue weighted by atomic mass is 10.1. The normalized spacial score (nSPS) is 11.3. The molecule has 0 radical (unpaired) electrons. The highest BCUT2D eigenvalue weighted by Crippen LogP contribution is 2.07. The average molecular weight is 218 g/mol. The molecule has 0 spiro atoms. The Bertz CT molecular complexity index is 337. The highest BCUT2D eigenvalue weighted by atomic mass is 19.3. The minimum absolute atomic E-state index is 0.0454. The fourth-order valence-corrected chi connectivity index (χ4v) is 1.04. The summed E-state index contributed by atoms with van der Waals surface area (Å²) < 4.78 is 28.5. The van der Waals surface area contributed by atoms with E-state index in [2.05, 4.69) is 14.7 Å². The molecule has 0 aromatic carbocycles. The Morgan fingerprint density at radius 2 is 2.13 bits per heavy atom. The lowest BCUT2D eigenvalue weighted by Crippen LogP contribution is -2.13. The van der Waals surface area contributed by atoms with Crippen molar-refractivity contribution in [1.29, 1.82) is 0 Å². The second-order valence-corrected chi connectivity index (χ2v) is 3.65. The highest BCUT2D eigenvalue weighted by Gasteiger charge is 2.19. The molecular formula is C9H12F2N2O2. The summed E-state index contributed by atoms with van der Waals surface area (Å²) in [6, 6.07) is 0. The van der Waals surface area contributed by atoms with Crippen LogP contribution in [0.25, 0.3) is 0 Å². The fourth-order valence-electron chi connectivity index (χ4n) is 1.04. The van der Waals surface area contributed by atoms with Gasteiger partial charge in [-0.05, 0) is 5.92 Å². The van der Waals surface area contributed by atoms with Crippen LogP contribution >= 0.6 is 0 Å². The topological polar surface area (TPSA) is 56.0 Å². The van der Waals surface area contributed by atoms with E-state index in [1.54, 1.807) is 0 Å². The van der Waals surface area contributed by atoms with Gasteiger partial charge in [0.15, 0.2) is 5.82 Å². The number of carbonyl (C=O) groups excluding carboxylic acids is 1. The first kappa shape index (κ1) is 11.7. The van der Waals surface area contributed by atoms with Crippen molar-refractivity contribution in [2.75, 3.05) is 0 Å². The van der Waals surface area contributed by atoms with Crippen LogP contribution in [0.5, 0.6) is 0 Å². The number of ketones is 1. The first-order valence-corrected chi connectivity index (χ1v) is 4.61. The Morgan fingerprint density at radius 1 is 1.47 bits per heavy atom. The van der Waals surface area contributed by atoms with Crippen molar-refractivity contribution in [3.63, 3.8) is 0 Å². The number of nitrogens with zero attached hydrogens (tertiary/aromatic N) is 2. The maximum atomic E-state index is 11.9. The number of hydrogen-bond acceptors (Lipinski definition) is 4. The molecule has 0 bridgehead atoms. The lowest BCUT2D eigenvalue weighted by Gasteiger charge is -1.96. The molecule has 1 rings (SSSR count). The number of alkyl halides is 2. The van der Waals surface area contributed by atoms with Gasteiger partial charge >= 0.3 is 0 Å². The zero-order valence-electron chi connectivity index (χ0n) is 8.54. The maximum Gasteiger partial charge on any atom is 0.296 e. The van der Waals surface area contributed by atoms with Crippen LogP contribution < -0.4 is 0 Å². The number of halogens is 2. The van der Waals surface area contributed by atoms with Gasteiger partial charge in [0.1, 0.15) is 0 Å². The van der Waals surface area contributed by atoms with Crippen molar-refractivity contribution in [3.05, 3.63) is 11.7 Å². The Morgan fingerprint density at radius 3 is 2.67 bits per heavy atom. The molecule has 0 aliphatic rings. The van der Waals surface area contributed by atoms with Crippen LogP contribution in [0.15, 0.2) is 4.52 Å². The van der Waals surface area contributed by atoms with Gasteiger partial charge in [0, 0.05) is 6.42 Å². The van der Waals surface area contributed by atoms with E-state index >= 15 is 0 Å². The molecule has 0 aliphatic heterocycles. The van der Waals surface area contributed by atoms with Gasteiger partial charge in [-0.1, -0.05) is 19.0 Å². The van der Waals surface area contributed by atoms with E-state index in [4.69, 9.17) is 0 Å². The van der Waals surface area contributed by atoms with Gasteiger partial charge in [0.05, 0.1) is 6.42 Å². The van der Waals surface area contributed by atoms with Crippen LogP contribution in [-0.4, -0.2) is 22.3 Å². The quantitative estimate of drug-likeness (QED) is 0.753. The monoisotopic (exact) mass is 218 g/mol. The molecule has 4 nitrogen and oxygen atoms in total. The molecule has 0 N–H and O–H groups in total. The summed E-state index contributed by atoms with van der Waals surface area (Å²) in [4.78, 5) is 14.5. The molecule has 15 heavy (non-hydrogen) atoms. The van der Waals surface area contributed by atoms with E-state index in [9.17, 15) is 13.6 Å². The van der Waals surface area contributed by atoms with E-state index < -0.39 is 18.6 Å². The number of aromatic nitrogens is 2. The summed E-state index contributed by atoms with van der Waals surface area (Å²) in [6.45, 7) is 3.95. The SMILES string of the molecule is CC(C)Cc1noc(CC(=O)C(F)F)n1. The Kier molecular flexibility index (Phi) is 3.88. The summed E-state index contributed by atoms with van der Waals surface area (Å²) in [5, 5.41) is 3.59. The molecule has 1 heterocycles. The predicted molar refractivity (Wildman–Crippen MR) is 47.6 cm³/mol. The summed E-state index contributed by atoms with van der Waals surface area (Å²) in [5.41, 5.74) is 0. The molecule has 1 aromatic heterocycles. The van der Waals surface area contributed by atoms with E-state index in [-0.39, 0.29) is 5.89 Å². The van der Waals surface area contributed by atoms with Crippen LogP contribution in [0, 0.1) is 5.92 Å². The first-order chi connectivity index (χ1) is 6.99. The van der Waals surface area contributed by atoms with E-state index in [0.29, 0.717) is 18.2 Å². The molecule has 0 atom stereocenters. The van der Waals surface area contributed by atoms with Crippen LogP contribution in [0.3, 0.4) is 0 Å². The van der Waals surface area contributed by atoms with Crippen LogP contribution in [-0.2, 0) is 17.6 Å². The Balaban J connectivity index is 2.56. The van der Waals surface area contributed by atoms with Crippen molar-refractivity contribution in [2.24, 2.45) is 5.92 Å². The van der Waals surface area contributed by atoms with E-state index in [0.717, 1.165) is 0 Å². The number of carbonyl (C=O) groups is 1. The molecule has 1 aromatic rings. The van der Waals surface area contributed by atoms with Crippen molar-refractivity contribution >= 4 is 5.78 Å². The highest BCUT2D eigenvalue weighted by molar-refractivity contribution is 5.82. The third-order valence-electron chi connectivity index (χ3n) is 1.67. The molecule has 0 amide bonds. The van der Waals surface area contributed by atoms with E-state index in [1.807, 2.05) is 13.8 Å². The lowest BCUT2D eigenvalue weighted by molar-refractivity contribution is -0.129. The smallest absolute Gasteiger partial charge is 0.296 e. The standard InChI is InChI=1S/C9H12F2N2O2/c1-5(2)3-7-12-8(15-13-7)4-6(14)9(10)11/h5,9H,3-4H2,1-2H3. The van der Waals surface area contributed by atoms with Gasteiger partial charge in [0.2, 0.25) is 11.7 Å². The average Bonchev–Trinajstić information content (AvgIpc) is 2.51. The van der Waals surface area contributed by atoms with Gasteiger partial charge in [-0.25, -0.2) is 8.78 Å². The van der Waals surface area contributed by atoms with Gasteiger partial charge in [0.25, 0.3) is 6.43 Å². The summed E-state index contributed by atoms with van der Waals surface area (Å²) >= 11 is 0. The van der Waals surface area contributed by atoms with Gasteiger partial charge in [-0.2, -0.15) is 4.98 Å². The van der Waals surface area contributed by atoms with Crippen molar-refractivity contribution in [1.82, 2.24) is 10.1 Å². The summed E-state index contributed by atoms with van der Waals surface area (Å²) in [6.07, 6.45) is -2.87. The van der Waals surface area contributed by atoms with Crippen LogP contribution in [0.2, 0.25) is 0 Å². The minimum Gasteiger partial charge on any atom is -0.339 e. The number of rotatable bonds is 5. The molecule has 6 heteroatoms. The molecule has 0 aliphatic carbocycles. The van der Waals surface area contributed by atoms with E-state index in [1.165, 1.54) is 0 Å². The van der Waals surface area contributed by atoms with Crippen LogP contribution in [0.4, 0.5) is 8.78 Å². The summed E-state index contributed by atoms with van der Waals surface area (Å²) in [7, 11) is 0. The summed E-state index contributed by atoms with van der Waals surface area (Å²) in [5.74, 6) is -0.450. The molecule has 84 valence electrons. The van der Waals surface area contributed by atoms with Crippen molar-refractivity contribution in [2.45, 2.75) is 33.1 Å². The fraction of sp³-hybridized carbons (Fsp3) is 0.667. The molecule has 0 fully saturated rings. The number of hydrogen-bond donors (Lipinski definition) is 0. The Hall–Kier alpha value is -1.33. The predicted octanol–water partition coefficient (Wildman–Crippen LogP) is 1.64. The number of Topliss-reactive ketones (excluding diaryl/α,β-unsaturated/α-hetero) is 1. The van der Waals surface area contributed by atoms with Gasteiger partial charge in [-0.15, -0.1) is 0 Å². The Labute approximate surface area is 85.7 Å². The molecule has 0 unspecified atom stereocenters. The van der Waals surface area contributed by atoms with Gasteiger partial charge < -0.3 is 4.52 Å². The first-order valence-electron chi connectivity index (χ1n) is 4.61. The molecule has 0 saturated carbocycles.